The smallest absolute Gasteiger partial charge is 0.274 e. The summed E-state index contributed by atoms with van der Waals surface area (Å²) in [6, 6.07) is 2.34. The SMILES string of the molecule is Cc1cc(C(=O)N2CCC(N3CCNCC3)C2)n[nH]1. The van der Waals surface area contributed by atoms with Gasteiger partial charge in [0.15, 0.2) is 0 Å². The van der Waals surface area contributed by atoms with Crippen LogP contribution in [0.5, 0.6) is 0 Å². The van der Waals surface area contributed by atoms with E-state index in [1.807, 2.05) is 17.9 Å². The zero-order valence-corrected chi connectivity index (χ0v) is 11.4. The highest BCUT2D eigenvalue weighted by Gasteiger charge is 2.31. The zero-order chi connectivity index (χ0) is 13.2. The molecule has 2 saturated heterocycles. The molecule has 6 heteroatoms. The number of aromatic nitrogens is 2. The van der Waals surface area contributed by atoms with E-state index in [4.69, 9.17) is 0 Å². The Balaban J connectivity index is 1.60. The van der Waals surface area contributed by atoms with Crippen molar-refractivity contribution < 1.29 is 4.79 Å². The van der Waals surface area contributed by atoms with E-state index in [1.165, 1.54) is 0 Å². The lowest BCUT2D eigenvalue weighted by Crippen LogP contribution is -2.49. The third-order valence-corrected chi connectivity index (χ3v) is 4.04. The molecule has 3 rings (SSSR count). The van der Waals surface area contributed by atoms with E-state index in [9.17, 15) is 4.79 Å². The number of aromatic amines is 1. The summed E-state index contributed by atoms with van der Waals surface area (Å²) < 4.78 is 0. The van der Waals surface area contributed by atoms with E-state index in [-0.39, 0.29) is 5.91 Å². The van der Waals surface area contributed by atoms with Crippen LogP contribution in [0.3, 0.4) is 0 Å². The van der Waals surface area contributed by atoms with Gasteiger partial charge in [0, 0.05) is 51.0 Å². The van der Waals surface area contributed by atoms with Crippen LogP contribution in [0.1, 0.15) is 22.6 Å². The second kappa shape index (κ2) is 5.30. The topological polar surface area (TPSA) is 64.3 Å². The highest BCUT2D eigenvalue weighted by Crippen LogP contribution is 2.18. The second-order valence-electron chi connectivity index (χ2n) is 5.42. The Morgan fingerprint density at radius 1 is 1.37 bits per heavy atom. The van der Waals surface area contributed by atoms with Crippen molar-refractivity contribution in [1.29, 1.82) is 0 Å². The van der Waals surface area contributed by atoms with Crippen LogP contribution in [0.25, 0.3) is 0 Å². The number of carbonyl (C=O) groups excluding carboxylic acids is 1. The van der Waals surface area contributed by atoms with Gasteiger partial charge in [-0.15, -0.1) is 0 Å². The summed E-state index contributed by atoms with van der Waals surface area (Å²) in [6.07, 6.45) is 1.08. The van der Waals surface area contributed by atoms with Gasteiger partial charge in [-0.2, -0.15) is 5.10 Å². The van der Waals surface area contributed by atoms with Gasteiger partial charge in [0.05, 0.1) is 0 Å². The first kappa shape index (κ1) is 12.6. The highest BCUT2D eigenvalue weighted by atomic mass is 16.2. The van der Waals surface area contributed by atoms with Crippen molar-refractivity contribution in [3.05, 3.63) is 17.5 Å². The second-order valence-corrected chi connectivity index (χ2v) is 5.42. The molecule has 104 valence electrons. The van der Waals surface area contributed by atoms with Gasteiger partial charge in [0.25, 0.3) is 5.91 Å². The van der Waals surface area contributed by atoms with Crippen LogP contribution in [-0.2, 0) is 0 Å². The van der Waals surface area contributed by atoms with E-state index < -0.39 is 0 Å². The molecule has 0 spiro atoms. The average molecular weight is 263 g/mol. The Morgan fingerprint density at radius 3 is 2.84 bits per heavy atom. The number of amides is 1. The first-order valence-corrected chi connectivity index (χ1v) is 7.00. The average Bonchev–Trinajstić information content (AvgIpc) is 3.08. The molecule has 1 unspecified atom stereocenters. The maximum Gasteiger partial charge on any atom is 0.274 e. The predicted octanol–water partition coefficient (Wildman–Crippen LogP) is -0.162. The molecule has 2 fully saturated rings. The zero-order valence-electron chi connectivity index (χ0n) is 11.4. The van der Waals surface area contributed by atoms with E-state index in [0.29, 0.717) is 11.7 Å². The number of carbonyl (C=O) groups is 1. The van der Waals surface area contributed by atoms with E-state index in [2.05, 4.69) is 20.4 Å². The van der Waals surface area contributed by atoms with Crippen molar-refractivity contribution in [1.82, 2.24) is 25.3 Å². The molecular formula is C13H21N5O. The Bertz CT molecular complexity index is 452. The van der Waals surface area contributed by atoms with Gasteiger partial charge in [-0.3, -0.25) is 14.8 Å². The maximum atomic E-state index is 12.3. The third-order valence-electron chi connectivity index (χ3n) is 4.04. The van der Waals surface area contributed by atoms with Crippen molar-refractivity contribution >= 4 is 5.91 Å². The van der Waals surface area contributed by atoms with Gasteiger partial charge < -0.3 is 10.2 Å². The minimum atomic E-state index is 0.0574. The fourth-order valence-electron chi connectivity index (χ4n) is 2.96. The minimum absolute atomic E-state index is 0.0574. The maximum absolute atomic E-state index is 12.3. The summed E-state index contributed by atoms with van der Waals surface area (Å²) in [5, 5.41) is 10.3. The van der Waals surface area contributed by atoms with Crippen molar-refractivity contribution in [2.45, 2.75) is 19.4 Å². The lowest BCUT2D eigenvalue weighted by atomic mass is 10.2. The molecule has 0 aromatic carbocycles. The molecule has 1 aromatic rings. The molecule has 0 saturated carbocycles. The van der Waals surface area contributed by atoms with Crippen LogP contribution < -0.4 is 5.32 Å². The Morgan fingerprint density at radius 2 is 2.16 bits per heavy atom. The predicted molar refractivity (Wildman–Crippen MR) is 72.1 cm³/mol. The standard InChI is InChI=1S/C13H21N5O/c1-10-8-12(16-15-10)13(19)18-5-2-11(9-18)17-6-3-14-4-7-17/h8,11,14H,2-7,9H2,1H3,(H,15,16). The number of nitrogens with zero attached hydrogens (tertiary/aromatic N) is 3. The summed E-state index contributed by atoms with van der Waals surface area (Å²) in [4.78, 5) is 16.7. The van der Waals surface area contributed by atoms with Crippen molar-refractivity contribution in [3.8, 4) is 0 Å². The van der Waals surface area contributed by atoms with Gasteiger partial charge in [0.2, 0.25) is 0 Å². The van der Waals surface area contributed by atoms with Crippen LogP contribution in [0, 0.1) is 6.92 Å². The molecular weight excluding hydrogens is 242 g/mol. The molecule has 2 aliphatic heterocycles. The van der Waals surface area contributed by atoms with Crippen LogP contribution in [0.15, 0.2) is 6.07 Å². The Hall–Kier alpha value is -1.40. The summed E-state index contributed by atoms with van der Waals surface area (Å²) >= 11 is 0. The van der Waals surface area contributed by atoms with Gasteiger partial charge in [-0.05, 0) is 19.4 Å². The van der Waals surface area contributed by atoms with Crippen LogP contribution in [-0.4, -0.2) is 71.2 Å². The third kappa shape index (κ3) is 2.64. The molecule has 1 amide bonds. The summed E-state index contributed by atoms with van der Waals surface area (Å²) in [6.45, 7) is 7.90. The molecule has 2 N–H and O–H groups in total. The number of likely N-dealkylation sites (tertiary alicyclic amines) is 1. The first-order valence-electron chi connectivity index (χ1n) is 7.00. The van der Waals surface area contributed by atoms with E-state index in [0.717, 1.165) is 51.4 Å². The fraction of sp³-hybridized carbons (Fsp3) is 0.692. The van der Waals surface area contributed by atoms with E-state index >= 15 is 0 Å². The fourth-order valence-corrected chi connectivity index (χ4v) is 2.96. The molecule has 0 aliphatic carbocycles. The monoisotopic (exact) mass is 263 g/mol. The molecule has 1 atom stereocenters. The van der Waals surface area contributed by atoms with Gasteiger partial charge in [0.1, 0.15) is 5.69 Å². The quantitative estimate of drug-likeness (QED) is 0.778. The molecule has 1 aromatic heterocycles. The van der Waals surface area contributed by atoms with Crippen molar-refractivity contribution in [2.75, 3.05) is 39.3 Å². The Labute approximate surface area is 113 Å². The lowest BCUT2D eigenvalue weighted by Gasteiger charge is -2.32. The van der Waals surface area contributed by atoms with Crippen molar-refractivity contribution in [3.63, 3.8) is 0 Å². The molecule has 0 bridgehead atoms. The van der Waals surface area contributed by atoms with Gasteiger partial charge in [-0.25, -0.2) is 0 Å². The number of piperazine rings is 1. The van der Waals surface area contributed by atoms with Crippen LogP contribution in [0.2, 0.25) is 0 Å². The molecule has 3 heterocycles. The van der Waals surface area contributed by atoms with Crippen LogP contribution >= 0.6 is 0 Å². The van der Waals surface area contributed by atoms with Gasteiger partial charge >= 0.3 is 0 Å². The van der Waals surface area contributed by atoms with Gasteiger partial charge in [-0.1, -0.05) is 0 Å². The summed E-state index contributed by atoms with van der Waals surface area (Å²) in [5.74, 6) is 0.0574. The number of hydrogen-bond acceptors (Lipinski definition) is 4. The lowest BCUT2D eigenvalue weighted by molar-refractivity contribution is 0.0767. The number of aryl methyl sites for hydroxylation is 1. The number of rotatable bonds is 2. The molecule has 2 aliphatic rings. The van der Waals surface area contributed by atoms with Crippen molar-refractivity contribution in [2.24, 2.45) is 0 Å². The molecule has 6 nitrogen and oxygen atoms in total. The number of nitrogens with one attached hydrogen (secondary N) is 2. The Kier molecular flexibility index (Phi) is 3.52. The normalized spacial score (nSPS) is 24.9. The van der Waals surface area contributed by atoms with Crippen LogP contribution in [0.4, 0.5) is 0 Å². The molecule has 19 heavy (non-hydrogen) atoms. The minimum Gasteiger partial charge on any atom is -0.336 e. The largest absolute Gasteiger partial charge is 0.336 e. The first-order chi connectivity index (χ1) is 9.24. The summed E-state index contributed by atoms with van der Waals surface area (Å²) in [5.41, 5.74) is 1.47. The highest BCUT2D eigenvalue weighted by molar-refractivity contribution is 5.92. The number of H-pyrrole nitrogens is 1. The molecule has 0 radical (unpaired) electrons. The summed E-state index contributed by atoms with van der Waals surface area (Å²) in [7, 11) is 0. The number of hydrogen-bond donors (Lipinski definition) is 2. The van der Waals surface area contributed by atoms with E-state index in [1.54, 1.807) is 0 Å².